The van der Waals surface area contributed by atoms with Crippen LogP contribution in [0.25, 0.3) is 5.69 Å². The third kappa shape index (κ3) is 2.29. The molecule has 1 aromatic heterocycles. The highest BCUT2D eigenvalue weighted by molar-refractivity contribution is 5.99. The Morgan fingerprint density at radius 2 is 1.95 bits per heavy atom. The van der Waals surface area contributed by atoms with Crippen molar-refractivity contribution in [3.63, 3.8) is 0 Å². The lowest BCUT2D eigenvalue weighted by molar-refractivity contribution is -0.140. The van der Waals surface area contributed by atoms with Crippen molar-refractivity contribution in [2.75, 3.05) is 0 Å². The number of para-hydroxylation sites is 1. The van der Waals surface area contributed by atoms with E-state index in [1.165, 1.54) is 6.20 Å². The highest BCUT2D eigenvalue weighted by Gasteiger charge is 2.51. The number of aromatic nitrogens is 2. The highest BCUT2D eigenvalue weighted by Crippen LogP contribution is 2.35. The van der Waals surface area contributed by atoms with Gasteiger partial charge in [0, 0.05) is 0 Å². The summed E-state index contributed by atoms with van der Waals surface area (Å²) in [6.45, 7) is 1.79. The fourth-order valence-electron chi connectivity index (χ4n) is 2.26. The molecule has 0 radical (unpaired) electrons. The van der Waals surface area contributed by atoms with Crippen LogP contribution in [0.5, 0.6) is 0 Å². The normalized spacial score (nSPS) is 15.5. The van der Waals surface area contributed by atoms with Crippen LogP contribution in [0, 0.1) is 6.92 Å². The van der Waals surface area contributed by atoms with Gasteiger partial charge in [-0.05, 0) is 31.9 Å². The van der Waals surface area contributed by atoms with Crippen LogP contribution in [0.4, 0.5) is 0 Å². The second-order valence-corrected chi connectivity index (χ2v) is 5.23. The number of amides is 1. The minimum Gasteiger partial charge on any atom is -0.480 e. The minimum absolute atomic E-state index is 0.394. The first-order chi connectivity index (χ1) is 10.0. The Morgan fingerprint density at radius 3 is 2.52 bits per heavy atom. The first-order valence-electron chi connectivity index (χ1n) is 6.69. The molecule has 1 saturated carbocycles. The molecule has 2 aromatic rings. The number of rotatable bonds is 4. The summed E-state index contributed by atoms with van der Waals surface area (Å²) in [4.78, 5) is 23.4. The number of nitrogens with one attached hydrogen (secondary N) is 1. The van der Waals surface area contributed by atoms with Gasteiger partial charge < -0.3 is 10.4 Å². The van der Waals surface area contributed by atoms with Gasteiger partial charge in [0.2, 0.25) is 0 Å². The van der Waals surface area contributed by atoms with Crippen LogP contribution in [0.1, 0.15) is 28.9 Å². The average Bonchev–Trinajstić information content (AvgIpc) is 3.15. The van der Waals surface area contributed by atoms with Crippen molar-refractivity contribution in [2.45, 2.75) is 25.3 Å². The van der Waals surface area contributed by atoms with Gasteiger partial charge in [0.1, 0.15) is 5.54 Å². The second kappa shape index (κ2) is 4.73. The van der Waals surface area contributed by atoms with E-state index < -0.39 is 17.4 Å². The summed E-state index contributed by atoms with van der Waals surface area (Å²) in [5, 5.41) is 15.9. The van der Waals surface area contributed by atoms with Gasteiger partial charge in [-0.1, -0.05) is 18.2 Å². The summed E-state index contributed by atoms with van der Waals surface area (Å²) in [5.41, 5.74) is 0.845. The van der Waals surface area contributed by atoms with E-state index in [-0.39, 0.29) is 0 Å². The predicted octanol–water partition coefficient (Wildman–Crippen LogP) is 1.53. The van der Waals surface area contributed by atoms with Gasteiger partial charge in [0.25, 0.3) is 5.91 Å². The summed E-state index contributed by atoms with van der Waals surface area (Å²) in [6, 6.07) is 9.46. The summed E-state index contributed by atoms with van der Waals surface area (Å²) in [5.74, 6) is -1.38. The molecule has 1 fully saturated rings. The maximum absolute atomic E-state index is 12.2. The number of hydrogen-bond acceptors (Lipinski definition) is 3. The van der Waals surface area contributed by atoms with Crippen LogP contribution in [0.15, 0.2) is 36.5 Å². The molecule has 0 atom stereocenters. The van der Waals surface area contributed by atoms with E-state index in [1.54, 1.807) is 11.6 Å². The molecule has 21 heavy (non-hydrogen) atoms. The number of aliphatic carboxylic acids is 1. The first kappa shape index (κ1) is 13.4. The van der Waals surface area contributed by atoms with Crippen LogP contribution >= 0.6 is 0 Å². The Hall–Kier alpha value is -2.63. The van der Waals surface area contributed by atoms with Crippen molar-refractivity contribution in [3.8, 4) is 5.69 Å². The van der Waals surface area contributed by atoms with Crippen LogP contribution in [0.3, 0.4) is 0 Å². The molecule has 6 heteroatoms. The molecule has 2 N–H and O–H groups in total. The quantitative estimate of drug-likeness (QED) is 0.892. The molecule has 0 saturated heterocycles. The summed E-state index contributed by atoms with van der Waals surface area (Å²) in [7, 11) is 0. The zero-order valence-corrected chi connectivity index (χ0v) is 11.5. The Balaban J connectivity index is 1.86. The molecule has 0 aliphatic heterocycles. The van der Waals surface area contributed by atoms with Crippen molar-refractivity contribution in [3.05, 3.63) is 47.8 Å². The Kier molecular flexibility index (Phi) is 3.01. The molecule has 6 nitrogen and oxygen atoms in total. The zero-order valence-electron chi connectivity index (χ0n) is 11.5. The molecule has 108 valence electrons. The molecule has 1 aliphatic carbocycles. The SMILES string of the molecule is Cc1c(C(=O)NC2(C(=O)O)CC2)cnn1-c1ccccc1. The molecular formula is C15H15N3O3. The molecule has 0 unspecified atom stereocenters. The van der Waals surface area contributed by atoms with Crippen LogP contribution in [0.2, 0.25) is 0 Å². The molecule has 1 aliphatic rings. The number of nitrogens with zero attached hydrogens (tertiary/aromatic N) is 2. The number of carboxylic acid groups (broad SMARTS) is 1. The topological polar surface area (TPSA) is 84.2 Å². The first-order valence-corrected chi connectivity index (χ1v) is 6.69. The Bertz CT molecular complexity index is 702. The molecule has 0 spiro atoms. The van der Waals surface area contributed by atoms with E-state index in [1.807, 2.05) is 30.3 Å². The van der Waals surface area contributed by atoms with Crippen molar-refractivity contribution in [1.29, 1.82) is 0 Å². The summed E-state index contributed by atoms with van der Waals surface area (Å²) in [6.07, 6.45) is 2.41. The molecule has 1 amide bonds. The fraction of sp³-hybridized carbons (Fsp3) is 0.267. The lowest BCUT2D eigenvalue weighted by atomic mass is 10.2. The number of carbonyl (C=O) groups excluding carboxylic acids is 1. The lowest BCUT2D eigenvalue weighted by Gasteiger charge is -2.12. The predicted molar refractivity (Wildman–Crippen MR) is 75.4 cm³/mol. The van der Waals surface area contributed by atoms with E-state index in [4.69, 9.17) is 5.11 Å². The van der Waals surface area contributed by atoms with Crippen molar-refractivity contribution < 1.29 is 14.7 Å². The second-order valence-electron chi connectivity index (χ2n) is 5.23. The molecule has 1 aromatic carbocycles. The van der Waals surface area contributed by atoms with Crippen molar-refractivity contribution in [2.24, 2.45) is 0 Å². The smallest absolute Gasteiger partial charge is 0.329 e. The standard InChI is InChI=1S/C15H15N3O3/c1-10-12(13(19)17-15(7-8-15)14(20)21)9-16-18(10)11-5-3-2-4-6-11/h2-6,9H,7-8H2,1H3,(H,17,19)(H,20,21). The Morgan fingerprint density at radius 1 is 1.29 bits per heavy atom. The van der Waals surface area contributed by atoms with Crippen LogP contribution in [-0.2, 0) is 4.79 Å². The third-order valence-corrected chi connectivity index (χ3v) is 3.77. The van der Waals surface area contributed by atoms with E-state index in [0.29, 0.717) is 24.1 Å². The van der Waals surface area contributed by atoms with Gasteiger partial charge in [-0.3, -0.25) is 4.79 Å². The van der Waals surface area contributed by atoms with Gasteiger partial charge in [0.15, 0.2) is 0 Å². The maximum atomic E-state index is 12.2. The number of carboxylic acids is 1. The van der Waals surface area contributed by atoms with Gasteiger partial charge in [-0.15, -0.1) is 0 Å². The zero-order chi connectivity index (χ0) is 15.0. The van der Waals surface area contributed by atoms with Gasteiger partial charge in [0.05, 0.1) is 23.1 Å². The number of carbonyl (C=O) groups is 2. The molecular weight excluding hydrogens is 270 g/mol. The summed E-state index contributed by atoms with van der Waals surface area (Å²) >= 11 is 0. The molecule has 3 rings (SSSR count). The van der Waals surface area contributed by atoms with E-state index in [9.17, 15) is 9.59 Å². The van der Waals surface area contributed by atoms with Gasteiger partial charge in [-0.2, -0.15) is 5.10 Å². The van der Waals surface area contributed by atoms with E-state index in [0.717, 1.165) is 5.69 Å². The average molecular weight is 285 g/mol. The highest BCUT2D eigenvalue weighted by atomic mass is 16.4. The lowest BCUT2D eigenvalue weighted by Crippen LogP contribution is -2.43. The monoisotopic (exact) mass is 285 g/mol. The molecule has 1 heterocycles. The van der Waals surface area contributed by atoms with E-state index >= 15 is 0 Å². The van der Waals surface area contributed by atoms with Gasteiger partial charge in [-0.25, -0.2) is 9.48 Å². The Labute approximate surface area is 121 Å². The summed E-state index contributed by atoms with van der Waals surface area (Å²) < 4.78 is 1.66. The largest absolute Gasteiger partial charge is 0.480 e. The van der Waals surface area contributed by atoms with Crippen LogP contribution < -0.4 is 5.32 Å². The fourth-order valence-corrected chi connectivity index (χ4v) is 2.26. The number of benzene rings is 1. The maximum Gasteiger partial charge on any atom is 0.329 e. The van der Waals surface area contributed by atoms with Crippen molar-refractivity contribution in [1.82, 2.24) is 15.1 Å². The van der Waals surface area contributed by atoms with Crippen LogP contribution in [-0.4, -0.2) is 32.3 Å². The van der Waals surface area contributed by atoms with Crippen molar-refractivity contribution >= 4 is 11.9 Å². The third-order valence-electron chi connectivity index (χ3n) is 3.77. The van der Waals surface area contributed by atoms with Gasteiger partial charge >= 0.3 is 5.97 Å². The van der Waals surface area contributed by atoms with E-state index in [2.05, 4.69) is 10.4 Å². The number of hydrogen-bond donors (Lipinski definition) is 2. The molecule has 0 bridgehead atoms. The minimum atomic E-state index is -1.08.